The lowest BCUT2D eigenvalue weighted by atomic mass is 10.0. The monoisotopic (exact) mass is 994 g/mol. The zero-order valence-corrected chi connectivity index (χ0v) is 47.5. The Morgan fingerprint density at radius 1 is 0.478 bits per heavy atom. The molecule has 69 heavy (non-hydrogen) atoms. The maximum atomic E-state index is 12.9. The van der Waals surface area contributed by atoms with E-state index >= 15 is 0 Å². The van der Waals surface area contributed by atoms with Gasteiger partial charge in [0.2, 0.25) is 5.91 Å². The molecule has 0 saturated carbocycles. The molecule has 3 unspecified atom stereocenters. The number of phosphoric acid groups is 1. The Morgan fingerprint density at radius 3 is 1.16 bits per heavy atom. The van der Waals surface area contributed by atoms with Gasteiger partial charge in [0.1, 0.15) is 13.2 Å². The van der Waals surface area contributed by atoms with Crippen LogP contribution in [-0.2, 0) is 18.4 Å². The summed E-state index contributed by atoms with van der Waals surface area (Å²) in [5.74, 6) is -0.193. The third-order valence-electron chi connectivity index (χ3n) is 13.6. The molecule has 0 radical (unpaired) electrons. The number of hydrogen-bond acceptors (Lipinski definition) is 5. The summed E-state index contributed by atoms with van der Waals surface area (Å²) in [6.45, 7) is 4.81. The minimum Gasteiger partial charge on any atom is -0.387 e. The number of carbonyl (C=O) groups excluding carboxylic acids is 1. The highest BCUT2D eigenvalue weighted by Crippen LogP contribution is 2.43. The van der Waals surface area contributed by atoms with E-state index in [0.29, 0.717) is 17.4 Å². The van der Waals surface area contributed by atoms with Crippen LogP contribution in [-0.4, -0.2) is 73.4 Å². The number of likely N-dealkylation sites (N-methyl/N-ethyl adjacent to an activating group) is 1. The molecule has 408 valence electrons. The first-order valence-electron chi connectivity index (χ1n) is 29.9. The Labute approximate surface area is 429 Å². The molecule has 0 aromatic carbocycles. The molecule has 0 heterocycles. The van der Waals surface area contributed by atoms with E-state index in [2.05, 4.69) is 43.5 Å². The molecular formula is C60H118N2O6P+. The number of nitrogens with one attached hydrogen (secondary N) is 1. The van der Waals surface area contributed by atoms with Crippen molar-refractivity contribution in [3.63, 3.8) is 0 Å². The zero-order valence-electron chi connectivity index (χ0n) is 46.6. The average Bonchev–Trinajstić information content (AvgIpc) is 3.31. The molecule has 8 nitrogen and oxygen atoms in total. The van der Waals surface area contributed by atoms with Crippen LogP contribution in [0.4, 0.5) is 0 Å². The molecular weight excluding hydrogens is 876 g/mol. The van der Waals surface area contributed by atoms with Crippen LogP contribution in [0.5, 0.6) is 0 Å². The lowest BCUT2D eigenvalue weighted by molar-refractivity contribution is -0.870. The standard InChI is InChI=1S/C60H117N2O6P/c1-6-8-10-12-14-16-18-20-22-23-24-25-26-27-28-29-30-31-32-33-34-35-36-37-38-40-41-43-45-47-49-51-53-59(63)58(57-68-69(65,66)67-56-55-62(3,4)5)61-60(64)54-52-50-48-46-44-42-39-21-19-17-15-13-11-9-7-2/h21,39,43,45,51,53,58-59,63H,6-20,22-38,40-42,44,46-50,52,54-57H2,1-5H3,(H-,61,64,65,66)/p+1/b39-21-,45-43+,53-51+. The van der Waals surface area contributed by atoms with Gasteiger partial charge >= 0.3 is 7.82 Å². The van der Waals surface area contributed by atoms with E-state index in [1.54, 1.807) is 6.08 Å². The number of hydrogen-bond donors (Lipinski definition) is 3. The van der Waals surface area contributed by atoms with Gasteiger partial charge in [-0.25, -0.2) is 4.57 Å². The summed E-state index contributed by atoms with van der Waals surface area (Å²) in [7, 11) is 1.56. The van der Waals surface area contributed by atoms with Crippen molar-refractivity contribution in [2.45, 2.75) is 302 Å². The minimum absolute atomic E-state index is 0.0550. The van der Waals surface area contributed by atoms with Gasteiger partial charge in [0, 0.05) is 6.42 Å². The van der Waals surface area contributed by atoms with Crippen LogP contribution in [0.3, 0.4) is 0 Å². The van der Waals surface area contributed by atoms with E-state index in [4.69, 9.17) is 9.05 Å². The number of aliphatic hydroxyl groups excluding tert-OH is 1. The van der Waals surface area contributed by atoms with Gasteiger partial charge in [0.25, 0.3) is 0 Å². The van der Waals surface area contributed by atoms with Crippen molar-refractivity contribution < 1.29 is 32.9 Å². The summed E-state index contributed by atoms with van der Waals surface area (Å²) >= 11 is 0. The average molecular weight is 995 g/mol. The van der Waals surface area contributed by atoms with Gasteiger partial charge in [-0.05, 0) is 57.8 Å². The van der Waals surface area contributed by atoms with Crippen molar-refractivity contribution >= 4 is 13.7 Å². The summed E-state index contributed by atoms with van der Waals surface area (Å²) in [6, 6.07) is -0.867. The highest BCUT2D eigenvalue weighted by atomic mass is 31.2. The Kier molecular flexibility index (Phi) is 50.7. The molecule has 0 fully saturated rings. The number of quaternary nitrogens is 1. The van der Waals surface area contributed by atoms with Crippen LogP contribution in [0.15, 0.2) is 36.5 Å². The molecule has 0 aliphatic rings. The maximum Gasteiger partial charge on any atom is 0.472 e. The lowest BCUT2D eigenvalue weighted by Gasteiger charge is -2.25. The number of aliphatic hydroxyl groups is 1. The van der Waals surface area contributed by atoms with Crippen LogP contribution in [0.25, 0.3) is 0 Å². The number of amides is 1. The summed E-state index contributed by atoms with van der Waals surface area (Å²) in [4.78, 5) is 23.2. The number of nitrogens with zero attached hydrogens (tertiary/aromatic N) is 1. The molecule has 0 saturated heterocycles. The fraction of sp³-hybridized carbons (Fsp3) is 0.883. The first kappa shape index (κ1) is 67.7. The number of unbranched alkanes of at least 4 members (excludes halogenated alkanes) is 38. The van der Waals surface area contributed by atoms with Crippen molar-refractivity contribution in [2.75, 3.05) is 40.9 Å². The van der Waals surface area contributed by atoms with Gasteiger partial charge in [0.05, 0.1) is 39.9 Å². The number of phosphoric ester groups is 1. The molecule has 0 aromatic rings. The fourth-order valence-corrected chi connectivity index (χ4v) is 9.61. The Balaban J connectivity index is 4.12. The minimum atomic E-state index is -4.36. The second-order valence-corrected chi connectivity index (χ2v) is 23.2. The van der Waals surface area contributed by atoms with E-state index in [1.165, 1.54) is 218 Å². The van der Waals surface area contributed by atoms with Crippen LogP contribution in [0.2, 0.25) is 0 Å². The predicted molar refractivity (Wildman–Crippen MR) is 300 cm³/mol. The molecule has 1 amide bonds. The number of carbonyl (C=O) groups is 1. The second-order valence-electron chi connectivity index (χ2n) is 21.7. The van der Waals surface area contributed by atoms with Crippen molar-refractivity contribution in [1.29, 1.82) is 0 Å². The topological polar surface area (TPSA) is 105 Å². The Morgan fingerprint density at radius 2 is 0.797 bits per heavy atom. The lowest BCUT2D eigenvalue weighted by Crippen LogP contribution is -2.45. The summed E-state index contributed by atoms with van der Waals surface area (Å²) in [5.41, 5.74) is 0. The zero-order chi connectivity index (χ0) is 50.6. The first-order valence-corrected chi connectivity index (χ1v) is 31.4. The van der Waals surface area contributed by atoms with Crippen molar-refractivity contribution in [3.05, 3.63) is 36.5 Å². The third kappa shape index (κ3) is 54.3. The quantitative estimate of drug-likeness (QED) is 0.0243. The smallest absolute Gasteiger partial charge is 0.387 e. The Hall–Kier alpha value is -1.28. The Bertz CT molecular complexity index is 1220. The van der Waals surface area contributed by atoms with Gasteiger partial charge in [-0.3, -0.25) is 13.8 Å². The van der Waals surface area contributed by atoms with Crippen LogP contribution < -0.4 is 5.32 Å². The van der Waals surface area contributed by atoms with Gasteiger partial charge in [0.15, 0.2) is 0 Å². The first-order chi connectivity index (χ1) is 33.5. The number of rotatable bonds is 55. The summed E-state index contributed by atoms with van der Waals surface area (Å²) in [6.07, 6.45) is 67.0. The predicted octanol–water partition coefficient (Wildman–Crippen LogP) is 18.2. The number of allylic oxidation sites excluding steroid dienone is 5. The second kappa shape index (κ2) is 51.6. The van der Waals surface area contributed by atoms with Gasteiger partial charge in [-0.15, -0.1) is 0 Å². The van der Waals surface area contributed by atoms with E-state index in [0.717, 1.165) is 51.4 Å². The molecule has 0 rings (SSSR count). The molecule has 0 bridgehead atoms. The van der Waals surface area contributed by atoms with E-state index in [-0.39, 0.29) is 19.1 Å². The van der Waals surface area contributed by atoms with Crippen LogP contribution in [0, 0.1) is 0 Å². The highest BCUT2D eigenvalue weighted by Gasteiger charge is 2.27. The highest BCUT2D eigenvalue weighted by molar-refractivity contribution is 7.47. The molecule has 3 atom stereocenters. The van der Waals surface area contributed by atoms with Crippen LogP contribution >= 0.6 is 7.82 Å². The molecule has 3 N–H and O–H groups in total. The summed E-state index contributed by atoms with van der Waals surface area (Å²) in [5, 5.41) is 13.9. The van der Waals surface area contributed by atoms with Gasteiger partial charge in [-0.1, -0.05) is 262 Å². The van der Waals surface area contributed by atoms with E-state index < -0.39 is 20.0 Å². The van der Waals surface area contributed by atoms with Crippen molar-refractivity contribution in [2.24, 2.45) is 0 Å². The largest absolute Gasteiger partial charge is 0.472 e. The molecule has 0 aromatic heterocycles. The van der Waals surface area contributed by atoms with Crippen molar-refractivity contribution in [1.82, 2.24) is 5.32 Å². The third-order valence-corrected chi connectivity index (χ3v) is 14.6. The normalized spacial score (nSPS) is 14.1. The molecule has 0 aliphatic heterocycles. The van der Waals surface area contributed by atoms with E-state index in [1.807, 2.05) is 27.2 Å². The van der Waals surface area contributed by atoms with E-state index in [9.17, 15) is 19.4 Å². The SMILES string of the molecule is CCCCCCCC/C=C\CCCCCCCC(=O)NC(COP(=O)(O)OCC[N+](C)(C)C)C(O)/C=C/CC/C=C/CCCCCCCCCCCCCCCCCCCCCCCCCCCC. The molecule has 0 spiro atoms. The van der Waals surface area contributed by atoms with Crippen LogP contribution in [0.1, 0.15) is 290 Å². The van der Waals surface area contributed by atoms with Gasteiger partial charge < -0.3 is 19.8 Å². The van der Waals surface area contributed by atoms with Gasteiger partial charge in [-0.2, -0.15) is 0 Å². The fourth-order valence-electron chi connectivity index (χ4n) is 8.88. The summed E-state index contributed by atoms with van der Waals surface area (Å²) < 4.78 is 23.7. The molecule has 9 heteroatoms. The maximum absolute atomic E-state index is 12.9. The molecule has 0 aliphatic carbocycles. The van der Waals surface area contributed by atoms with Crippen molar-refractivity contribution in [3.8, 4) is 0 Å².